The number of aryl methyl sites for hydroxylation is 1. The molecule has 0 aromatic heterocycles. The molecule has 0 aliphatic rings. The molecule has 0 heterocycles. The lowest BCUT2D eigenvalue weighted by Crippen LogP contribution is -2.39. The summed E-state index contributed by atoms with van der Waals surface area (Å²) < 4.78 is 10.6. The molecule has 112 valence electrons. The Hall–Kier alpha value is -1.59. The highest BCUT2D eigenvalue weighted by Gasteiger charge is 2.11. The summed E-state index contributed by atoms with van der Waals surface area (Å²) in [6.07, 6.45) is 0.762. The molecule has 2 N–H and O–H groups in total. The maximum atomic E-state index is 11.7. The van der Waals surface area contributed by atoms with E-state index < -0.39 is 0 Å². The van der Waals surface area contributed by atoms with Crippen LogP contribution in [0.25, 0.3) is 0 Å². The van der Waals surface area contributed by atoms with E-state index in [-0.39, 0.29) is 25.0 Å². The quantitative estimate of drug-likeness (QED) is 0.715. The molecule has 1 rings (SSSR count). The summed E-state index contributed by atoms with van der Waals surface area (Å²) in [5.41, 5.74) is 1.05. The molecule has 1 aromatic rings. The van der Waals surface area contributed by atoms with Gasteiger partial charge < -0.3 is 19.9 Å². The van der Waals surface area contributed by atoms with Gasteiger partial charge in [-0.3, -0.25) is 4.79 Å². The molecule has 0 radical (unpaired) electrons. The SMILES string of the molecule is COCC(CCO)NC(=O)CCOc1ccccc1C. The van der Waals surface area contributed by atoms with E-state index in [2.05, 4.69) is 5.32 Å². The Labute approximate surface area is 119 Å². The standard InChI is InChI=1S/C15H23NO4/c1-12-5-3-4-6-14(12)20-10-8-15(18)16-13(7-9-17)11-19-2/h3-6,13,17H,7-11H2,1-2H3,(H,16,18). The fourth-order valence-corrected chi connectivity index (χ4v) is 1.83. The number of rotatable bonds is 9. The number of hydrogen-bond acceptors (Lipinski definition) is 4. The van der Waals surface area contributed by atoms with Crippen molar-refractivity contribution in [3.05, 3.63) is 29.8 Å². The predicted molar refractivity (Wildman–Crippen MR) is 76.8 cm³/mol. The molecule has 1 unspecified atom stereocenters. The Morgan fingerprint density at radius 3 is 2.80 bits per heavy atom. The van der Waals surface area contributed by atoms with E-state index in [1.807, 2.05) is 31.2 Å². The third-order valence-electron chi connectivity index (χ3n) is 2.89. The van der Waals surface area contributed by atoms with Crippen LogP contribution in [-0.4, -0.2) is 44.0 Å². The minimum absolute atomic E-state index is 0.0218. The van der Waals surface area contributed by atoms with Crippen LogP contribution < -0.4 is 10.1 Å². The number of carbonyl (C=O) groups excluding carboxylic acids is 1. The topological polar surface area (TPSA) is 67.8 Å². The van der Waals surface area contributed by atoms with Crippen LogP contribution in [0.3, 0.4) is 0 Å². The molecule has 0 aliphatic heterocycles. The van der Waals surface area contributed by atoms with Crippen molar-refractivity contribution in [2.24, 2.45) is 0 Å². The molecule has 1 atom stereocenters. The molecular formula is C15H23NO4. The zero-order valence-corrected chi connectivity index (χ0v) is 12.1. The number of ether oxygens (including phenoxy) is 2. The minimum atomic E-state index is -0.157. The van der Waals surface area contributed by atoms with E-state index in [0.29, 0.717) is 19.6 Å². The molecule has 5 heteroatoms. The van der Waals surface area contributed by atoms with E-state index >= 15 is 0 Å². The lowest BCUT2D eigenvalue weighted by Gasteiger charge is -2.17. The second-order valence-corrected chi connectivity index (χ2v) is 4.60. The van der Waals surface area contributed by atoms with Gasteiger partial charge in [0.2, 0.25) is 5.91 Å². The molecular weight excluding hydrogens is 258 g/mol. The maximum absolute atomic E-state index is 11.7. The minimum Gasteiger partial charge on any atom is -0.493 e. The molecule has 0 spiro atoms. The number of methoxy groups -OCH3 is 1. The van der Waals surface area contributed by atoms with Gasteiger partial charge in [0.25, 0.3) is 0 Å². The van der Waals surface area contributed by atoms with Gasteiger partial charge in [-0.15, -0.1) is 0 Å². The first-order valence-electron chi connectivity index (χ1n) is 6.75. The van der Waals surface area contributed by atoms with Crippen molar-refractivity contribution in [2.75, 3.05) is 26.9 Å². The summed E-state index contributed by atoms with van der Waals surface area (Å²) in [6, 6.07) is 7.53. The third kappa shape index (κ3) is 6.04. The lowest BCUT2D eigenvalue weighted by atomic mass is 10.2. The predicted octanol–water partition coefficient (Wildman–Crippen LogP) is 1.28. The van der Waals surface area contributed by atoms with Crippen LogP contribution in [0.1, 0.15) is 18.4 Å². The normalized spacial score (nSPS) is 11.9. The third-order valence-corrected chi connectivity index (χ3v) is 2.89. The molecule has 0 saturated heterocycles. The summed E-state index contributed by atoms with van der Waals surface area (Å²) in [4.78, 5) is 11.7. The van der Waals surface area contributed by atoms with Crippen LogP contribution in [0.2, 0.25) is 0 Å². The summed E-state index contributed by atoms with van der Waals surface area (Å²) in [7, 11) is 1.57. The molecule has 0 bridgehead atoms. The molecule has 20 heavy (non-hydrogen) atoms. The number of amides is 1. The first-order chi connectivity index (χ1) is 9.67. The van der Waals surface area contributed by atoms with Gasteiger partial charge in [-0.1, -0.05) is 18.2 Å². The average Bonchev–Trinajstić information content (AvgIpc) is 2.41. The summed E-state index contributed by atoms with van der Waals surface area (Å²) in [5.74, 6) is 0.693. The molecule has 0 aliphatic carbocycles. The Balaban J connectivity index is 2.30. The fourth-order valence-electron chi connectivity index (χ4n) is 1.83. The summed E-state index contributed by atoms with van der Waals surface area (Å²) >= 11 is 0. The Morgan fingerprint density at radius 2 is 2.15 bits per heavy atom. The van der Waals surface area contributed by atoms with E-state index in [9.17, 15) is 4.79 Å². The molecule has 0 saturated carbocycles. The van der Waals surface area contributed by atoms with Crippen LogP contribution in [0.5, 0.6) is 5.75 Å². The number of carbonyl (C=O) groups is 1. The molecule has 0 fully saturated rings. The molecule has 1 aromatic carbocycles. The highest BCUT2D eigenvalue weighted by Crippen LogP contribution is 2.16. The van der Waals surface area contributed by atoms with Crippen molar-refractivity contribution < 1.29 is 19.4 Å². The lowest BCUT2D eigenvalue weighted by molar-refractivity contribution is -0.122. The number of aliphatic hydroxyl groups is 1. The van der Waals surface area contributed by atoms with Gasteiger partial charge in [0.1, 0.15) is 5.75 Å². The smallest absolute Gasteiger partial charge is 0.223 e. The first-order valence-corrected chi connectivity index (χ1v) is 6.75. The van der Waals surface area contributed by atoms with Gasteiger partial charge in [-0.2, -0.15) is 0 Å². The monoisotopic (exact) mass is 281 g/mol. The van der Waals surface area contributed by atoms with Crippen molar-refractivity contribution in [1.82, 2.24) is 5.32 Å². The van der Waals surface area contributed by atoms with Gasteiger partial charge in [0.05, 0.1) is 25.7 Å². The summed E-state index contributed by atoms with van der Waals surface area (Å²) in [6.45, 7) is 2.71. The number of para-hydroxylation sites is 1. The molecule has 1 amide bonds. The van der Waals surface area contributed by atoms with E-state index in [1.165, 1.54) is 0 Å². The Kier molecular flexibility index (Phi) is 7.69. The van der Waals surface area contributed by atoms with Crippen molar-refractivity contribution in [3.63, 3.8) is 0 Å². The van der Waals surface area contributed by atoms with Crippen LogP contribution in [0.4, 0.5) is 0 Å². The molecule has 5 nitrogen and oxygen atoms in total. The zero-order valence-electron chi connectivity index (χ0n) is 12.1. The van der Waals surface area contributed by atoms with E-state index in [0.717, 1.165) is 11.3 Å². The van der Waals surface area contributed by atoms with E-state index in [4.69, 9.17) is 14.6 Å². The van der Waals surface area contributed by atoms with Crippen LogP contribution in [-0.2, 0) is 9.53 Å². The Morgan fingerprint density at radius 1 is 1.40 bits per heavy atom. The van der Waals surface area contributed by atoms with Gasteiger partial charge in [0, 0.05) is 13.7 Å². The maximum Gasteiger partial charge on any atom is 0.223 e. The number of aliphatic hydroxyl groups excluding tert-OH is 1. The number of nitrogens with one attached hydrogen (secondary N) is 1. The van der Waals surface area contributed by atoms with Crippen LogP contribution in [0.15, 0.2) is 24.3 Å². The van der Waals surface area contributed by atoms with E-state index in [1.54, 1.807) is 7.11 Å². The highest BCUT2D eigenvalue weighted by molar-refractivity contribution is 5.76. The number of benzene rings is 1. The zero-order chi connectivity index (χ0) is 14.8. The fraction of sp³-hybridized carbons (Fsp3) is 0.533. The van der Waals surface area contributed by atoms with Crippen molar-refractivity contribution in [1.29, 1.82) is 0 Å². The van der Waals surface area contributed by atoms with Gasteiger partial charge >= 0.3 is 0 Å². The Bertz CT molecular complexity index is 403. The van der Waals surface area contributed by atoms with Gasteiger partial charge in [0.15, 0.2) is 0 Å². The van der Waals surface area contributed by atoms with Crippen LogP contribution in [0, 0.1) is 6.92 Å². The highest BCUT2D eigenvalue weighted by atomic mass is 16.5. The van der Waals surface area contributed by atoms with Crippen LogP contribution >= 0.6 is 0 Å². The second kappa shape index (κ2) is 9.34. The summed E-state index contributed by atoms with van der Waals surface area (Å²) in [5, 5.41) is 11.7. The second-order valence-electron chi connectivity index (χ2n) is 4.60. The van der Waals surface area contributed by atoms with Gasteiger partial charge in [-0.05, 0) is 25.0 Å². The first kappa shape index (κ1) is 16.5. The van der Waals surface area contributed by atoms with Crippen molar-refractivity contribution in [2.45, 2.75) is 25.8 Å². The van der Waals surface area contributed by atoms with Gasteiger partial charge in [-0.25, -0.2) is 0 Å². The number of hydrogen-bond donors (Lipinski definition) is 2. The largest absolute Gasteiger partial charge is 0.493 e. The van der Waals surface area contributed by atoms with Crippen molar-refractivity contribution in [3.8, 4) is 5.75 Å². The average molecular weight is 281 g/mol. The van der Waals surface area contributed by atoms with Crippen molar-refractivity contribution >= 4 is 5.91 Å².